The first-order valence-corrected chi connectivity index (χ1v) is 10.8. The molecule has 4 nitrogen and oxygen atoms in total. The van der Waals surface area contributed by atoms with E-state index in [0.717, 1.165) is 5.75 Å². The van der Waals surface area contributed by atoms with Crippen LogP contribution in [0.5, 0.6) is 11.5 Å². The maximum Gasteiger partial charge on any atom is 0.415 e. The van der Waals surface area contributed by atoms with Gasteiger partial charge in [0.25, 0.3) is 0 Å². The van der Waals surface area contributed by atoms with Crippen LogP contribution in [0.3, 0.4) is 0 Å². The molecule has 0 aliphatic heterocycles. The van der Waals surface area contributed by atoms with E-state index in [0.29, 0.717) is 18.8 Å². The quantitative estimate of drug-likeness (QED) is 0.723. The molecule has 5 heteroatoms. The maximum absolute atomic E-state index is 12.0. The summed E-state index contributed by atoms with van der Waals surface area (Å²) in [7, 11) is -1.90. The molecule has 1 aromatic rings. The van der Waals surface area contributed by atoms with Crippen LogP contribution in [0.25, 0.3) is 0 Å². The molecule has 124 valence electrons. The lowest BCUT2D eigenvalue weighted by atomic mass is 10.2. The van der Waals surface area contributed by atoms with Gasteiger partial charge in [0.1, 0.15) is 11.5 Å². The second kappa shape index (κ2) is 7.18. The van der Waals surface area contributed by atoms with Gasteiger partial charge in [-0.25, -0.2) is 4.79 Å². The molecule has 0 heterocycles. The summed E-state index contributed by atoms with van der Waals surface area (Å²) in [5, 5.41) is 0.126. The number of carbonyl (C=O) groups excluding carboxylic acids is 1. The average Bonchev–Trinajstić information content (AvgIpc) is 2.38. The highest BCUT2D eigenvalue weighted by Crippen LogP contribution is 2.37. The minimum atomic E-state index is -1.90. The number of hydrogen-bond acceptors (Lipinski definition) is 3. The van der Waals surface area contributed by atoms with Gasteiger partial charge in [0.05, 0.1) is 0 Å². The molecule has 0 saturated carbocycles. The highest BCUT2D eigenvalue weighted by Gasteiger charge is 2.39. The third-order valence-corrected chi connectivity index (χ3v) is 8.57. The molecule has 0 radical (unpaired) electrons. The Morgan fingerprint density at radius 2 is 1.68 bits per heavy atom. The summed E-state index contributed by atoms with van der Waals surface area (Å²) in [6.07, 6.45) is -0.325. The Kier molecular flexibility index (Phi) is 6.05. The van der Waals surface area contributed by atoms with Crippen molar-refractivity contribution in [3.63, 3.8) is 0 Å². The summed E-state index contributed by atoms with van der Waals surface area (Å²) in [4.78, 5) is 13.6. The Morgan fingerprint density at radius 3 is 2.18 bits per heavy atom. The fourth-order valence-electron chi connectivity index (χ4n) is 1.70. The highest BCUT2D eigenvalue weighted by atomic mass is 28.4. The molecule has 0 aliphatic rings. The van der Waals surface area contributed by atoms with Crippen LogP contribution >= 0.6 is 0 Å². The van der Waals surface area contributed by atoms with E-state index in [2.05, 4.69) is 33.9 Å². The minimum Gasteiger partial charge on any atom is -0.543 e. The Bertz CT molecular complexity index is 505. The summed E-state index contributed by atoms with van der Waals surface area (Å²) in [5.41, 5.74) is 0. The number of hydrogen-bond donors (Lipinski definition) is 0. The van der Waals surface area contributed by atoms with Crippen molar-refractivity contribution in [2.75, 3.05) is 13.1 Å². The molecule has 0 bridgehead atoms. The predicted octanol–water partition coefficient (Wildman–Crippen LogP) is 4.91. The summed E-state index contributed by atoms with van der Waals surface area (Å²) in [6, 6.07) is 7.34. The summed E-state index contributed by atoms with van der Waals surface area (Å²) in [5.74, 6) is 1.28. The van der Waals surface area contributed by atoms with Crippen LogP contribution in [0.4, 0.5) is 4.79 Å². The fourth-order valence-corrected chi connectivity index (χ4v) is 2.72. The van der Waals surface area contributed by atoms with Crippen molar-refractivity contribution < 1.29 is 14.0 Å². The van der Waals surface area contributed by atoms with Crippen molar-refractivity contribution in [1.29, 1.82) is 0 Å². The Balaban J connectivity index is 2.85. The van der Waals surface area contributed by atoms with Crippen molar-refractivity contribution in [3.05, 3.63) is 24.3 Å². The Labute approximate surface area is 135 Å². The maximum atomic E-state index is 12.0. The summed E-state index contributed by atoms with van der Waals surface area (Å²) in [6.45, 7) is 16.1. The fraction of sp³-hybridized carbons (Fsp3) is 0.588. The SMILES string of the molecule is CCN(CC)C(=O)Oc1cccc(O[Si](C)(C)C(C)(C)C)c1. The lowest BCUT2D eigenvalue weighted by Crippen LogP contribution is -2.43. The van der Waals surface area contributed by atoms with Crippen LogP contribution in [0.2, 0.25) is 18.1 Å². The van der Waals surface area contributed by atoms with Crippen LogP contribution < -0.4 is 9.16 Å². The molecular weight excluding hydrogens is 294 g/mol. The van der Waals surface area contributed by atoms with Crippen molar-refractivity contribution in [3.8, 4) is 11.5 Å². The monoisotopic (exact) mass is 323 g/mol. The molecule has 1 amide bonds. The molecule has 0 aliphatic carbocycles. The largest absolute Gasteiger partial charge is 0.543 e. The Morgan fingerprint density at radius 1 is 1.14 bits per heavy atom. The van der Waals surface area contributed by atoms with Crippen LogP contribution in [0.15, 0.2) is 24.3 Å². The van der Waals surface area contributed by atoms with Gasteiger partial charge in [-0.2, -0.15) is 0 Å². The average molecular weight is 324 g/mol. The normalized spacial score (nSPS) is 12.0. The van der Waals surface area contributed by atoms with E-state index in [4.69, 9.17) is 9.16 Å². The lowest BCUT2D eigenvalue weighted by Gasteiger charge is -2.36. The smallest absolute Gasteiger partial charge is 0.415 e. The van der Waals surface area contributed by atoms with E-state index in [9.17, 15) is 4.79 Å². The molecule has 22 heavy (non-hydrogen) atoms. The standard InChI is InChI=1S/C17H29NO3Si/c1-8-18(9-2)16(19)20-14-11-10-12-15(13-14)21-22(6,7)17(3,4)5/h10-13H,8-9H2,1-7H3. The van der Waals surface area contributed by atoms with Gasteiger partial charge in [0.15, 0.2) is 0 Å². The first kappa shape index (κ1) is 18.6. The molecule has 0 aromatic heterocycles. The van der Waals surface area contributed by atoms with Crippen molar-refractivity contribution >= 4 is 14.4 Å². The predicted molar refractivity (Wildman–Crippen MR) is 93.2 cm³/mol. The molecule has 0 spiro atoms. The second-order valence-corrected chi connectivity index (χ2v) is 11.6. The van der Waals surface area contributed by atoms with Crippen molar-refractivity contribution in [1.82, 2.24) is 4.90 Å². The number of nitrogens with zero attached hydrogens (tertiary/aromatic N) is 1. The van der Waals surface area contributed by atoms with E-state index in [1.54, 1.807) is 17.0 Å². The van der Waals surface area contributed by atoms with Crippen LogP contribution in [0.1, 0.15) is 34.6 Å². The van der Waals surface area contributed by atoms with Crippen LogP contribution in [0, 0.1) is 0 Å². The summed E-state index contributed by atoms with van der Waals surface area (Å²) >= 11 is 0. The zero-order valence-corrected chi connectivity index (χ0v) is 15.9. The first-order valence-electron chi connectivity index (χ1n) is 7.86. The van der Waals surface area contributed by atoms with Gasteiger partial charge in [0, 0.05) is 19.2 Å². The number of benzene rings is 1. The molecule has 1 rings (SSSR count). The van der Waals surface area contributed by atoms with E-state index < -0.39 is 8.32 Å². The number of ether oxygens (including phenoxy) is 1. The third kappa shape index (κ3) is 4.76. The second-order valence-electron chi connectivity index (χ2n) is 6.88. The van der Waals surface area contributed by atoms with Crippen molar-refractivity contribution in [2.24, 2.45) is 0 Å². The zero-order valence-electron chi connectivity index (χ0n) is 14.9. The molecule has 0 atom stereocenters. The molecule has 1 aromatic carbocycles. The van der Waals surface area contributed by atoms with Gasteiger partial charge in [0.2, 0.25) is 8.32 Å². The van der Waals surface area contributed by atoms with Gasteiger partial charge in [-0.1, -0.05) is 26.8 Å². The van der Waals surface area contributed by atoms with E-state index in [1.165, 1.54) is 0 Å². The first-order chi connectivity index (χ1) is 10.1. The third-order valence-electron chi connectivity index (χ3n) is 4.21. The zero-order chi connectivity index (χ0) is 17.0. The minimum absolute atomic E-state index is 0.126. The van der Waals surface area contributed by atoms with Gasteiger partial charge in [-0.05, 0) is 44.1 Å². The van der Waals surface area contributed by atoms with E-state index in [-0.39, 0.29) is 11.1 Å². The van der Waals surface area contributed by atoms with E-state index >= 15 is 0 Å². The Hall–Kier alpha value is -1.49. The van der Waals surface area contributed by atoms with Gasteiger partial charge in [-0.15, -0.1) is 0 Å². The number of carbonyl (C=O) groups is 1. The molecule has 0 unspecified atom stereocenters. The molecule has 0 fully saturated rings. The van der Waals surface area contributed by atoms with Gasteiger partial charge < -0.3 is 14.1 Å². The van der Waals surface area contributed by atoms with Gasteiger partial charge >= 0.3 is 6.09 Å². The summed E-state index contributed by atoms with van der Waals surface area (Å²) < 4.78 is 11.7. The van der Waals surface area contributed by atoms with Crippen molar-refractivity contribution in [2.45, 2.75) is 52.8 Å². The molecule has 0 N–H and O–H groups in total. The number of rotatable bonds is 5. The van der Waals surface area contributed by atoms with Crippen LogP contribution in [-0.4, -0.2) is 32.4 Å². The molecular formula is C17H29NO3Si. The van der Waals surface area contributed by atoms with Crippen LogP contribution in [-0.2, 0) is 0 Å². The van der Waals surface area contributed by atoms with Gasteiger partial charge in [-0.3, -0.25) is 0 Å². The van der Waals surface area contributed by atoms with E-state index in [1.807, 2.05) is 26.0 Å². The highest BCUT2D eigenvalue weighted by molar-refractivity contribution is 6.74. The number of amides is 1. The lowest BCUT2D eigenvalue weighted by molar-refractivity contribution is 0.157. The molecule has 0 saturated heterocycles. The topological polar surface area (TPSA) is 38.8 Å².